The third-order valence-corrected chi connectivity index (χ3v) is 2.93. The molecular formula is C12H14N2O6. The summed E-state index contributed by atoms with van der Waals surface area (Å²) in [5, 5.41) is 28.5. The molecule has 1 aliphatic heterocycles. The van der Waals surface area contributed by atoms with Crippen LogP contribution in [0.5, 0.6) is 11.5 Å². The standard InChI is InChI=1S/C12H14N2O6/c13-3-8(16)6-1-2-7(15)11-12(6)20-5-9(17)14(11)4-10(18)19/h1-2,8,15-16H,3-5,13H2,(H,18,19). The molecule has 1 heterocycles. The Balaban J connectivity index is 2.55. The fourth-order valence-electron chi connectivity index (χ4n) is 2.02. The number of amides is 1. The fourth-order valence-corrected chi connectivity index (χ4v) is 2.02. The van der Waals surface area contributed by atoms with Gasteiger partial charge in [0, 0.05) is 12.1 Å². The Kier molecular flexibility index (Phi) is 3.77. The van der Waals surface area contributed by atoms with Crippen molar-refractivity contribution >= 4 is 17.6 Å². The van der Waals surface area contributed by atoms with Crippen molar-refractivity contribution in [1.29, 1.82) is 0 Å². The van der Waals surface area contributed by atoms with Crippen LogP contribution in [0.4, 0.5) is 5.69 Å². The molecule has 1 unspecified atom stereocenters. The molecule has 0 saturated heterocycles. The van der Waals surface area contributed by atoms with Crippen molar-refractivity contribution in [3.63, 3.8) is 0 Å². The van der Waals surface area contributed by atoms with Gasteiger partial charge in [-0.2, -0.15) is 0 Å². The second-order valence-corrected chi connectivity index (χ2v) is 4.27. The molecule has 0 aromatic heterocycles. The number of hydrogen-bond donors (Lipinski definition) is 4. The summed E-state index contributed by atoms with van der Waals surface area (Å²) < 4.78 is 5.22. The summed E-state index contributed by atoms with van der Waals surface area (Å²) in [6, 6.07) is 2.67. The Morgan fingerprint density at radius 2 is 2.20 bits per heavy atom. The zero-order valence-electron chi connectivity index (χ0n) is 10.4. The van der Waals surface area contributed by atoms with Gasteiger partial charge in [-0.05, 0) is 12.1 Å². The first-order valence-electron chi connectivity index (χ1n) is 5.84. The first kappa shape index (κ1) is 14.1. The predicted molar refractivity (Wildman–Crippen MR) is 67.6 cm³/mol. The van der Waals surface area contributed by atoms with E-state index in [9.17, 15) is 19.8 Å². The highest BCUT2D eigenvalue weighted by Gasteiger charge is 2.32. The third kappa shape index (κ3) is 2.38. The number of aliphatic hydroxyl groups excluding tert-OH is 1. The number of rotatable bonds is 4. The van der Waals surface area contributed by atoms with Crippen LogP contribution in [0.25, 0.3) is 0 Å². The number of aromatic hydroxyl groups is 1. The molecule has 1 amide bonds. The number of ether oxygens (including phenoxy) is 1. The molecule has 8 heteroatoms. The highest BCUT2D eigenvalue weighted by molar-refractivity contribution is 6.02. The zero-order chi connectivity index (χ0) is 14.9. The van der Waals surface area contributed by atoms with Crippen molar-refractivity contribution in [1.82, 2.24) is 0 Å². The summed E-state index contributed by atoms with van der Waals surface area (Å²) in [6.07, 6.45) is -1.04. The first-order chi connectivity index (χ1) is 9.45. The molecule has 1 aromatic carbocycles. The lowest BCUT2D eigenvalue weighted by Crippen LogP contribution is -2.42. The van der Waals surface area contributed by atoms with Crippen LogP contribution in [0.3, 0.4) is 0 Å². The van der Waals surface area contributed by atoms with Crippen molar-refractivity contribution < 1.29 is 29.6 Å². The topological polar surface area (TPSA) is 133 Å². The molecule has 0 saturated carbocycles. The Bertz CT molecular complexity index is 559. The number of nitrogens with two attached hydrogens (primary N) is 1. The van der Waals surface area contributed by atoms with E-state index in [1.165, 1.54) is 12.1 Å². The van der Waals surface area contributed by atoms with Crippen LogP contribution in [0, 0.1) is 0 Å². The van der Waals surface area contributed by atoms with E-state index in [0.29, 0.717) is 5.56 Å². The van der Waals surface area contributed by atoms with E-state index in [4.69, 9.17) is 15.6 Å². The summed E-state index contributed by atoms with van der Waals surface area (Å²) in [4.78, 5) is 23.5. The summed E-state index contributed by atoms with van der Waals surface area (Å²) in [6.45, 7) is -1.05. The fraction of sp³-hybridized carbons (Fsp3) is 0.333. The van der Waals surface area contributed by atoms with Gasteiger partial charge in [-0.15, -0.1) is 0 Å². The Morgan fingerprint density at radius 1 is 1.50 bits per heavy atom. The number of benzene rings is 1. The van der Waals surface area contributed by atoms with Crippen molar-refractivity contribution in [2.24, 2.45) is 5.73 Å². The van der Waals surface area contributed by atoms with E-state index < -0.39 is 24.5 Å². The molecule has 0 bridgehead atoms. The second kappa shape index (κ2) is 5.35. The lowest BCUT2D eigenvalue weighted by Gasteiger charge is -2.30. The average molecular weight is 282 g/mol. The van der Waals surface area contributed by atoms with Crippen LogP contribution in [-0.4, -0.2) is 46.9 Å². The minimum atomic E-state index is -1.23. The number of nitrogens with zero attached hydrogens (tertiary/aromatic N) is 1. The van der Waals surface area contributed by atoms with Crippen LogP contribution in [0.1, 0.15) is 11.7 Å². The largest absolute Gasteiger partial charge is 0.506 e. The normalized spacial score (nSPS) is 15.5. The number of carboxylic acids is 1. The quantitative estimate of drug-likeness (QED) is 0.567. The van der Waals surface area contributed by atoms with Crippen LogP contribution >= 0.6 is 0 Å². The third-order valence-electron chi connectivity index (χ3n) is 2.93. The lowest BCUT2D eigenvalue weighted by molar-refractivity contribution is -0.137. The van der Waals surface area contributed by atoms with Gasteiger partial charge in [-0.25, -0.2) is 0 Å². The molecule has 0 radical (unpaired) electrons. The van der Waals surface area contributed by atoms with Crippen LogP contribution < -0.4 is 15.4 Å². The zero-order valence-corrected chi connectivity index (χ0v) is 10.4. The highest BCUT2D eigenvalue weighted by atomic mass is 16.5. The van der Waals surface area contributed by atoms with Crippen LogP contribution in [-0.2, 0) is 9.59 Å². The van der Waals surface area contributed by atoms with E-state index in [-0.39, 0.29) is 30.3 Å². The van der Waals surface area contributed by atoms with Gasteiger partial charge in [0.1, 0.15) is 18.0 Å². The molecule has 108 valence electrons. The summed E-state index contributed by atoms with van der Waals surface area (Å²) in [7, 11) is 0. The van der Waals surface area contributed by atoms with Gasteiger partial charge < -0.3 is 25.8 Å². The summed E-state index contributed by atoms with van der Waals surface area (Å²) in [5.74, 6) is -2.05. The number of carbonyl (C=O) groups excluding carboxylic acids is 1. The molecule has 0 fully saturated rings. The number of aliphatic carboxylic acids is 1. The highest BCUT2D eigenvalue weighted by Crippen LogP contribution is 2.44. The number of phenolic OH excluding ortho intramolecular Hbond substituents is 1. The van der Waals surface area contributed by atoms with Crippen molar-refractivity contribution in [3.05, 3.63) is 17.7 Å². The number of anilines is 1. The van der Waals surface area contributed by atoms with Crippen molar-refractivity contribution in [2.45, 2.75) is 6.10 Å². The van der Waals surface area contributed by atoms with Gasteiger partial charge in [0.2, 0.25) is 0 Å². The Labute approximate surface area is 114 Å². The number of carboxylic acid groups (broad SMARTS) is 1. The molecule has 5 N–H and O–H groups in total. The molecule has 20 heavy (non-hydrogen) atoms. The Hall–Kier alpha value is -2.32. The monoisotopic (exact) mass is 282 g/mol. The van der Waals surface area contributed by atoms with Gasteiger partial charge in [0.25, 0.3) is 5.91 Å². The van der Waals surface area contributed by atoms with E-state index in [2.05, 4.69) is 0 Å². The summed E-state index contributed by atoms with van der Waals surface area (Å²) >= 11 is 0. The minimum Gasteiger partial charge on any atom is -0.506 e. The molecule has 1 aromatic rings. The van der Waals surface area contributed by atoms with E-state index in [1.807, 2.05) is 0 Å². The minimum absolute atomic E-state index is 0.0614. The number of hydrogen-bond acceptors (Lipinski definition) is 6. The number of fused-ring (bicyclic) bond motifs is 1. The van der Waals surface area contributed by atoms with Gasteiger partial charge in [-0.1, -0.05) is 0 Å². The van der Waals surface area contributed by atoms with Gasteiger partial charge in [-0.3, -0.25) is 14.5 Å². The molecule has 8 nitrogen and oxygen atoms in total. The molecule has 1 atom stereocenters. The Morgan fingerprint density at radius 3 is 2.80 bits per heavy atom. The lowest BCUT2D eigenvalue weighted by atomic mass is 10.0. The number of carbonyl (C=O) groups is 2. The van der Waals surface area contributed by atoms with Crippen molar-refractivity contribution in [2.75, 3.05) is 24.6 Å². The molecule has 0 spiro atoms. The first-order valence-corrected chi connectivity index (χ1v) is 5.84. The molecule has 2 rings (SSSR count). The summed E-state index contributed by atoms with van der Waals surface area (Å²) in [5.41, 5.74) is 5.61. The van der Waals surface area contributed by atoms with Crippen LogP contribution in [0.2, 0.25) is 0 Å². The van der Waals surface area contributed by atoms with E-state index in [1.54, 1.807) is 0 Å². The second-order valence-electron chi connectivity index (χ2n) is 4.27. The van der Waals surface area contributed by atoms with Gasteiger partial charge in [0.05, 0.1) is 6.10 Å². The molecule has 1 aliphatic rings. The van der Waals surface area contributed by atoms with Gasteiger partial charge >= 0.3 is 5.97 Å². The SMILES string of the molecule is NCC(O)c1ccc(O)c2c1OCC(=O)N2CC(=O)O. The maximum atomic E-state index is 11.7. The molecule has 0 aliphatic carbocycles. The smallest absolute Gasteiger partial charge is 0.323 e. The van der Waals surface area contributed by atoms with Crippen molar-refractivity contribution in [3.8, 4) is 11.5 Å². The maximum Gasteiger partial charge on any atom is 0.323 e. The number of aliphatic hydroxyl groups is 1. The van der Waals surface area contributed by atoms with Gasteiger partial charge in [0.15, 0.2) is 12.4 Å². The van der Waals surface area contributed by atoms with E-state index in [0.717, 1.165) is 4.90 Å². The maximum absolute atomic E-state index is 11.7. The molecular weight excluding hydrogens is 268 g/mol. The van der Waals surface area contributed by atoms with Crippen LogP contribution in [0.15, 0.2) is 12.1 Å². The van der Waals surface area contributed by atoms with E-state index >= 15 is 0 Å². The average Bonchev–Trinajstić information content (AvgIpc) is 2.41. The number of phenols is 1. The predicted octanol–water partition coefficient (Wildman–Crippen LogP) is -0.806.